The molecule has 0 radical (unpaired) electrons. The number of rotatable bonds is 4. The van der Waals surface area contributed by atoms with Crippen molar-refractivity contribution in [1.29, 1.82) is 0 Å². The van der Waals surface area contributed by atoms with Crippen LogP contribution in [-0.4, -0.2) is 41.9 Å². The Kier molecular flexibility index (Phi) is 3.62. The van der Waals surface area contributed by atoms with Crippen molar-refractivity contribution < 1.29 is 14.1 Å². The highest BCUT2D eigenvalue weighted by Crippen LogP contribution is 2.12. The smallest absolute Gasteiger partial charge is 0.227 e. The second-order valence-corrected chi connectivity index (χ2v) is 4.55. The number of nitrogens with zero attached hydrogens (tertiary/aromatic N) is 1. The Balaban J connectivity index is 2.02. The summed E-state index contributed by atoms with van der Waals surface area (Å²) in [6.45, 7) is 1.44. The average molecular weight is 236 g/mol. The van der Waals surface area contributed by atoms with E-state index in [9.17, 15) is 4.79 Å². The third kappa shape index (κ3) is 2.64. The molecule has 0 fully saturated rings. The molecule has 0 spiro atoms. The van der Waals surface area contributed by atoms with Crippen molar-refractivity contribution in [3.8, 4) is 5.75 Å². The van der Waals surface area contributed by atoms with E-state index in [-0.39, 0.29) is 5.78 Å². The van der Waals surface area contributed by atoms with Crippen LogP contribution < -0.4 is 4.74 Å². The Labute approximate surface area is 99.1 Å². The van der Waals surface area contributed by atoms with Crippen molar-refractivity contribution >= 4 is 23.1 Å². The van der Waals surface area contributed by atoms with Crippen LogP contribution in [0.1, 0.15) is 10.4 Å². The number of carbonyl (C=O) groups excluding carboxylic acids is 1. The molecule has 0 saturated heterocycles. The van der Waals surface area contributed by atoms with Crippen LogP contribution in [0.5, 0.6) is 5.75 Å². The number of ether oxygens (including phenoxy) is 1. The zero-order valence-corrected chi connectivity index (χ0v) is 10.00. The number of ketones is 1. The first kappa shape index (κ1) is 11.2. The standard InChI is InChI=1S/C12H14NO2S/c1-15-11-4-2-10(3-5-11)12(14)8-13-6-7-16-9-13/h2-5,9H,6-8H2,1H3/q+1. The zero-order valence-electron chi connectivity index (χ0n) is 9.18. The summed E-state index contributed by atoms with van der Waals surface area (Å²) in [5.74, 6) is 2.01. The van der Waals surface area contributed by atoms with E-state index in [1.165, 1.54) is 0 Å². The number of benzene rings is 1. The van der Waals surface area contributed by atoms with Crippen molar-refractivity contribution in [2.24, 2.45) is 0 Å². The molecule has 3 nitrogen and oxygen atoms in total. The molecule has 0 unspecified atom stereocenters. The van der Waals surface area contributed by atoms with Gasteiger partial charge in [0.1, 0.15) is 5.75 Å². The van der Waals surface area contributed by atoms with Crippen LogP contribution in [0.2, 0.25) is 0 Å². The number of methoxy groups -OCH3 is 1. The summed E-state index contributed by atoms with van der Waals surface area (Å²) < 4.78 is 7.10. The van der Waals surface area contributed by atoms with Gasteiger partial charge in [-0.15, -0.1) is 0 Å². The van der Waals surface area contributed by atoms with Crippen molar-refractivity contribution in [3.63, 3.8) is 0 Å². The largest absolute Gasteiger partial charge is 0.497 e. The van der Waals surface area contributed by atoms with E-state index >= 15 is 0 Å². The summed E-state index contributed by atoms with van der Waals surface area (Å²) in [4.78, 5) is 11.9. The zero-order chi connectivity index (χ0) is 11.4. The fraction of sp³-hybridized carbons (Fsp3) is 0.333. The number of thioether (sulfide) groups is 1. The third-order valence-electron chi connectivity index (χ3n) is 2.48. The van der Waals surface area contributed by atoms with Gasteiger partial charge in [0, 0.05) is 5.56 Å². The van der Waals surface area contributed by atoms with Crippen LogP contribution in [0.4, 0.5) is 0 Å². The fourth-order valence-corrected chi connectivity index (χ4v) is 2.39. The predicted molar refractivity (Wildman–Crippen MR) is 65.8 cm³/mol. The molecule has 1 aromatic rings. The van der Waals surface area contributed by atoms with Gasteiger partial charge in [0.15, 0.2) is 12.1 Å². The topological polar surface area (TPSA) is 29.3 Å². The molecule has 1 aliphatic rings. The molecule has 0 N–H and O–H groups in total. The third-order valence-corrected chi connectivity index (χ3v) is 3.34. The molecule has 0 aromatic heterocycles. The minimum Gasteiger partial charge on any atom is -0.497 e. The van der Waals surface area contributed by atoms with E-state index in [2.05, 4.69) is 4.58 Å². The summed E-state index contributed by atoms with van der Waals surface area (Å²) in [6.07, 6.45) is 0. The molecule has 2 rings (SSSR count). The Morgan fingerprint density at radius 2 is 2.19 bits per heavy atom. The van der Waals surface area contributed by atoms with Gasteiger partial charge < -0.3 is 4.74 Å². The van der Waals surface area contributed by atoms with Crippen LogP contribution in [0, 0.1) is 0 Å². The van der Waals surface area contributed by atoms with Gasteiger partial charge in [-0.2, -0.15) is 0 Å². The first-order valence-electron chi connectivity index (χ1n) is 5.16. The van der Waals surface area contributed by atoms with Gasteiger partial charge in [-0.1, -0.05) is 11.8 Å². The molecule has 0 amide bonds. The maximum atomic E-state index is 11.9. The maximum absolute atomic E-state index is 11.9. The SMILES string of the molecule is COc1ccc(C(=O)C[N+]2=CSCC2)cc1. The first-order valence-corrected chi connectivity index (χ1v) is 6.21. The van der Waals surface area contributed by atoms with Gasteiger partial charge in [-0.05, 0) is 24.3 Å². The Hall–Kier alpha value is -1.29. The minimum atomic E-state index is 0.154. The van der Waals surface area contributed by atoms with Crippen LogP contribution >= 0.6 is 11.8 Å². The number of hydrogen-bond acceptors (Lipinski definition) is 3. The van der Waals surface area contributed by atoms with Crippen LogP contribution in [-0.2, 0) is 0 Å². The van der Waals surface area contributed by atoms with Crippen molar-refractivity contribution in [2.75, 3.05) is 26.0 Å². The molecule has 0 bridgehead atoms. The fourth-order valence-electron chi connectivity index (χ4n) is 1.55. The summed E-state index contributed by atoms with van der Waals surface area (Å²) in [7, 11) is 1.62. The van der Waals surface area contributed by atoms with E-state index in [0.29, 0.717) is 6.54 Å². The maximum Gasteiger partial charge on any atom is 0.227 e. The summed E-state index contributed by atoms with van der Waals surface area (Å²) in [5.41, 5.74) is 2.77. The summed E-state index contributed by atoms with van der Waals surface area (Å²) in [5, 5.41) is 0. The van der Waals surface area contributed by atoms with E-state index in [4.69, 9.17) is 4.74 Å². The Morgan fingerprint density at radius 3 is 2.75 bits per heavy atom. The minimum absolute atomic E-state index is 0.154. The molecule has 1 aromatic carbocycles. The number of hydrogen-bond donors (Lipinski definition) is 0. The van der Waals surface area contributed by atoms with Gasteiger partial charge in [0.2, 0.25) is 12.3 Å². The van der Waals surface area contributed by atoms with Gasteiger partial charge in [-0.3, -0.25) is 4.79 Å². The molecule has 84 valence electrons. The van der Waals surface area contributed by atoms with E-state index < -0.39 is 0 Å². The van der Waals surface area contributed by atoms with Gasteiger partial charge in [0.25, 0.3) is 0 Å². The molecule has 1 heterocycles. The molecule has 1 aliphatic heterocycles. The number of carbonyl (C=O) groups is 1. The highest BCUT2D eigenvalue weighted by Gasteiger charge is 2.17. The van der Waals surface area contributed by atoms with E-state index in [1.807, 2.05) is 29.8 Å². The predicted octanol–water partition coefficient (Wildman–Crippen LogP) is 1.67. The van der Waals surface area contributed by atoms with Crippen molar-refractivity contribution in [2.45, 2.75) is 0 Å². The number of Topliss-reactive ketones (excluding diaryl/α,β-unsaturated/α-hetero) is 1. The van der Waals surface area contributed by atoms with E-state index in [0.717, 1.165) is 23.6 Å². The normalized spacial score (nSPS) is 14.7. The van der Waals surface area contributed by atoms with Crippen LogP contribution in [0.15, 0.2) is 24.3 Å². The lowest BCUT2D eigenvalue weighted by Gasteiger charge is -2.01. The molecule has 0 saturated carbocycles. The molecular weight excluding hydrogens is 222 g/mol. The van der Waals surface area contributed by atoms with Crippen LogP contribution in [0.25, 0.3) is 0 Å². The van der Waals surface area contributed by atoms with E-state index in [1.54, 1.807) is 18.9 Å². The average Bonchev–Trinajstić information content (AvgIpc) is 2.82. The van der Waals surface area contributed by atoms with Gasteiger partial charge in [-0.25, -0.2) is 4.58 Å². The second kappa shape index (κ2) is 5.16. The van der Waals surface area contributed by atoms with Gasteiger partial charge >= 0.3 is 0 Å². The lowest BCUT2D eigenvalue weighted by atomic mass is 10.1. The molecule has 0 atom stereocenters. The molecule has 16 heavy (non-hydrogen) atoms. The highest BCUT2D eigenvalue weighted by atomic mass is 32.2. The van der Waals surface area contributed by atoms with Gasteiger partial charge in [0.05, 0.1) is 12.9 Å². The summed E-state index contributed by atoms with van der Waals surface area (Å²) >= 11 is 1.75. The Morgan fingerprint density at radius 1 is 1.44 bits per heavy atom. The monoisotopic (exact) mass is 236 g/mol. The molecule has 4 heteroatoms. The highest BCUT2D eigenvalue weighted by molar-refractivity contribution is 8.12. The van der Waals surface area contributed by atoms with Crippen molar-refractivity contribution in [3.05, 3.63) is 29.8 Å². The first-order chi connectivity index (χ1) is 7.79. The lowest BCUT2D eigenvalue weighted by Crippen LogP contribution is -2.20. The quantitative estimate of drug-likeness (QED) is 0.588. The Bertz CT molecular complexity index is 412. The summed E-state index contributed by atoms with van der Waals surface area (Å²) in [6, 6.07) is 7.25. The second-order valence-electron chi connectivity index (χ2n) is 3.60. The molecular formula is C12H14NO2S+. The van der Waals surface area contributed by atoms with Crippen molar-refractivity contribution in [1.82, 2.24) is 0 Å². The van der Waals surface area contributed by atoms with Crippen LogP contribution in [0.3, 0.4) is 0 Å². The lowest BCUT2D eigenvalue weighted by molar-refractivity contribution is -0.499. The molecule has 0 aliphatic carbocycles.